The number of amides is 1. The van der Waals surface area contributed by atoms with E-state index in [9.17, 15) is 9.18 Å². The molecule has 3 aromatic rings. The molecule has 1 amide bonds. The standard InChI is InChI=1S/C21H25FN4OS/c1-13-4-8-15(9-5-13)23-19(27)18-12-17-20(28-18)26(21(24-17)25(2)3)16-10-6-14(22)7-11-16/h6-7,10-13,15H,4-5,8-9H2,1-3H3,(H,23,27). The molecule has 1 fully saturated rings. The molecular weight excluding hydrogens is 375 g/mol. The summed E-state index contributed by atoms with van der Waals surface area (Å²) in [4.78, 5) is 20.9. The fourth-order valence-corrected chi connectivity index (χ4v) is 4.77. The van der Waals surface area contributed by atoms with Crippen LogP contribution in [0.15, 0.2) is 30.3 Å². The highest BCUT2D eigenvalue weighted by atomic mass is 32.1. The molecule has 0 aliphatic heterocycles. The highest BCUT2D eigenvalue weighted by Crippen LogP contribution is 2.33. The van der Waals surface area contributed by atoms with E-state index in [1.54, 1.807) is 12.1 Å². The van der Waals surface area contributed by atoms with Gasteiger partial charge < -0.3 is 10.2 Å². The molecule has 1 N–H and O–H groups in total. The lowest BCUT2D eigenvalue weighted by molar-refractivity contribution is 0.0927. The van der Waals surface area contributed by atoms with E-state index >= 15 is 0 Å². The Balaban J connectivity index is 1.65. The van der Waals surface area contributed by atoms with Crippen LogP contribution in [0.3, 0.4) is 0 Å². The zero-order valence-corrected chi connectivity index (χ0v) is 17.2. The Kier molecular flexibility index (Phi) is 5.10. The van der Waals surface area contributed by atoms with Gasteiger partial charge in [-0.1, -0.05) is 6.92 Å². The van der Waals surface area contributed by atoms with Crippen LogP contribution in [0.1, 0.15) is 42.3 Å². The second kappa shape index (κ2) is 7.54. The molecule has 1 aliphatic rings. The fraction of sp³-hybridized carbons (Fsp3) is 0.429. The number of anilines is 1. The Labute approximate surface area is 168 Å². The Morgan fingerprint density at radius 1 is 1.21 bits per heavy atom. The van der Waals surface area contributed by atoms with Gasteiger partial charge in [0.2, 0.25) is 5.95 Å². The van der Waals surface area contributed by atoms with Crippen LogP contribution in [0.25, 0.3) is 16.0 Å². The molecule has 0 unspecified atom stereocenters. The van der Waals surface area contributed by atoms with Gasteiger partial charge in [-0.05, 0) is 61.9 Å². The molecular formula is C21H25FN4OS. The Morgan fingerprint density at radius 2 is 1.89 bits per heavy atom. The number of imidazole rings is 1. The first-order valence-electron chi connectivity index (χ1n) is 9.69. The molecule has 0 bridgehead atoms. The molecule has 2 heterocycles. The van der Waals surface area contributed by atoms with Crippen molar-refractivity contribution in [1.29, 1.82) is 0 Å². The van der Waals surface area contributed by atoms with E-state index in [2.05, 4.69) is 12.2 Å². The maximum atomic E-state index is 13.4. The monoisotopic (exact) mass is 400 g/mol. The molecule has 0 atom stereocenters. The molecule has 0 radical (unpaired) electrons. The smallest absolute Gasteiger partial charge is 0.261 e. The van der Waals surface area contributed by atoms with Crippen LogP contribution in [0, 0.1) is 11.7 Å². The normalized spacial score (nSPS) is 19.7. The van der Waals surface area contributed by atoms with E-state index in [4.69, 9.17) is 4.98 Å². The molecule has 1 aromatic carbocycles. The zero-order chi connectivity index (χ0) is 19.8. The van der Waals surface area contributed by atoms with Gasteiger partial charge in [-0.2, -0.15) is 0 Å². The van der Waals surface area contributed by atoms with E-state index in [0.29, 0.717) is 4.88 Å². The van der Waals surface area contributed by atoms with Crippen LogP contribution < -0.4 is 10.2 Å². The molecule has 5 nitrogen and oxygen atoms in total. The summed E-state index contributed by atoms with van der Waals surface area (Å²) in [6.45, 7) is 2.27. The zero-order valence-electron chi connectivity index (χ0n) is 16.4. The molecule has 4 rings (SSSR count). The van der Waals surface area contributed by atoms with Crippen molar-refractivity contribution in [2.24, 2.45) is 5.92 Å². The van der Waals surface area contributed by atoms with E-state index < -0.39 is 0 Å². The minimum absolute atomic E-state index is 0.0281. The third kappa shape index (κ3) is 3.63. The summed E-state index contributed by atoms with van der Waals surface area (Å²) in [5, 5.41) is 3.18. The van der Waals surface area contributed by atoms with Crippen LogP contribution in [0.5, 0.6) is 0 Å². The summed E-state index contributed by atoms with van der Waals surface area (Å²) < 4.78 is 15.3. The Bertz CT molecular complexity index is 984. The predicted molar refractivity (Wildman–Crippen MR) is 112 cm³/mol. The topological polar surface area (TPSA) is 50.2 Å². The average molecular weight is 401 g/mol. The second-order valence-electron chi connectivity index (χ2n) is 7.85. The number of nitrogens with zero attached hydrogens (tertiary/aromatic N) is 3. The number of nitrogens with one attached hydrogen (secondary N) is 1. The van der Waals surface area contributed by atoms with Gasteiger partial charge in [0.05, 0.1) is 10.6 Å². The van der Waals surface area contributed by atoms with Gasteiger partial charge in [0.15, 0.2) is 0 Å². The quantitative estimate of drug-likeness (QED) is 0.696. The van der Waals surface area contributed by atoms with Gasteiger partial charge in [0, 0.05) is 20.1 Å². The number of carbonyl (C=O) groups excluding carboxylic acids is 1. The van der Waals surface area contributed by atoms with Crippen LogP contribution in [-0.2, 0) is 0 Å². The van der Waals surface area contributed by atoms with Gasteiger partial charge >= 0.3 is 0 Å². The number of fused-ring (bicyclic) bond motifs is 1. The molecule has 0 saturated heterocycles. The summed E-state index contributed by atoms with van der Waals surface area (Å²) in [6, 6.07) is 8.44. The van der Waals surface area contributed by atoms with Crippen LogP contribution in [0.4, 0.5) is 10.3 Å². The summed E-state index contributed by atoms with van der Waals surface area (Å²) >= 11 is 1.43. The third-order valence-corrected chi connectivity index (χ3v) is 6.49. The van der Waals surface area contributed by atoms with Gasteiger partial charge in [0.1, 0.15) is 16.2 Å². The molecule has 148 valence electrons. The summed E-state index contributed by atoms with van der Waals surface area (Å²) in [5.74, 6) is 1.20. The molecule has 7 heteroatoms. The highest BCUT2D eigenvalue weighted by Gasteiger charge is 2.23. The fourth-order valence-electron chi connectivity index (χ4n) is 3.76. The lowest BCUT2D eigenvalue weighted by Crippen LogP contribution is -2.36. The van der Waals surface area contributed by atoms with Crippen LogP contribution in [-0.4, -0.2) is 35.6 Å². The van der Waals surface area contributed by atoms with E-state index in [0.717, 1.165) is 40.7 Å². The highest BCUT2D eigenvalue weighted by molar-refractivity contribution is 7.20. The SMILES string of the molecule is CC1CCC(NC(=O)c2cc3nc(N(C)C)n(-c4ccc(F)cc4)c3s2)CC1. The summed E-state index contributed by atoms with van der Waals surface area (Å²) in [6.07, 6.45) is 4.42. The number of halogens is 1. The lowest BCUT2D eigenvalue weighted by atomic mass is 9.87. The van der Waals surface area contributed by atoms with Gasteiger partial charge in [0.25, 0.3) is 5.91 Å². The Morgan fingerprint density at radius 3 is 2.54 bits per heavy atom. The van der Waals surface area contributed by atoms with Crippen molar-refractivity contribution in [3.63, 3.8) is 0 Å². The molecule has 1 aliphatic carbocycles. The van der Waals surface area contributed by atoms with E-state index in [-0.39, 0.29) is 17.8 Å². The summed E-state index contributed by atoms with van der Waals surface area (Å²) in [7, 11) is 3.84. The molecule has 28 heavy (non-hydrogen) atoms. The van der Waals surface area contributed by atoms with Crippen molar-refractivity contribution in [1.82, 2.24) is 14.9 Å². The molecule has 2 aromatic heterocycles. The number of benzene rings is 1. The minimum atomic E-state index is -0.278. The van der Waals surface area contributed by atoms with Crippen molar-refractivity contribution in [2.75, 3.05) is 19.0 Å². The Hall–Kier alpha value is -2.41. The van der Waals surface area contributed by atoms with Crippen molar-refractivity contribution in [3.05, 3.63) is 41.0 Å². The van der Waals surface area contributed by atoms with Crippen LogP contribution >= 0.6 is 11.3 Å². The van der Waals surface area contributed by atoms with Gasteiger partial charge in [-0.25, -0.2) is 9.37 Å². The maximum absolute atomic E-state index is 13.4. The predicted octanol–water partition coefficient (Wildman–Crippen LogP) is 4.60. The first kappa shape index (κ1) is 18.9. The van der Waals surface area contributed by atoms with E-state index in [1.807, 2.05) is 29.6 Å². The molecule has 1 saturated carbocycles. The van der Waals surface area contributed by atoms with Gasteiger partial charge in [-0.3, -0.25) is 9.36 Å². The molecule has 0 spiro atoms. The van der Waals surface area contributed by atoms with Crippen molar-refractivity contribution < 1.29 is 9.18 Å². The first-order valence-corrected chi connectivity index (χ1v) is 10.5. The van der Waals surface area contributed by atoms with Crippen molar-refractivity contribution in [2.45, 2.75) is 38.6 Å². The van der Waals surface area contributed by atoms with Crippen molar-refractivity contribution >= 4 is 33.5 Å². The third-order valence-electron chi connectivity index (χ3n) is 5.38. The number of aromatic nitrogens is 2. The van der Waals surface area contributed by atoms with E-state index in [1.165, 1.54) is 36.3 Å². The number of rotatable bonds is 4. The largest absolute Gasteiger partial charge is 0.349 e. The van der Waals surface area contributed by atoms with Gasteiger partial charge in [-0.15, -0.1) is 11.3 Å². The lowest BCUT2D eigenvalue weighted by Gasteiger charge is -2.26. The summed E-state index contributed by atoms with van der Waals surface area (Å²) in [5.41, 5.74) is 1.60. The number of thiophene rings is 1. The first-order chi connectivity index (χ1) is 13.4. The van der Waals surface area contributed by atoms with Crippen molar-refractivity contribution in [3.8, 4) is 5.69 Å². The second-order valence-corrected chi connectivity index (χ2v) is 8.88. The minimum Gasteiger partial charge on any atom is -0.349 e. The number of carbonyl (C=O) groups is 1. The van der Waals surface area contributed by atoms with Crippen LogP contribution in [0.2, 0.25) is 0 Å². The number of hydrogen-bond donors (Lipinski definition) is 1. The average Bonchev–Trinajstić information content (AvgIpc) is 3.22. The maximum Gasteiger partial charge on any atom is 0.261 e. The number of hydrogen-bond acceptors (Lipinski definition) is 4.